The van der Waals surface area contributed by atoms with Gasteiger partial charge in [-0.3, -0.25) is 0 Å². The Balaban J connectivity index is 1.39. The summed E-state index contributed by atoms with van der Waals surface area (Å²) in [5.41, 5.74) is 4.46. The zero-order valence-corrected chi connectivity index (χ0v) is 20.9. The molecule has 4 rings (SSSR count). The monoisotopic (exact) mass is 436 g/mol. The van der Waals surface area contributed by atoms with Gasteiger partial charge in [-0.25, -0.2) is 4.39 Å². The van der Waals surface area contributed by atoms with Crippen LogP contribution in [0.1, 0.15) is 94.6 Å². The van der Waals surface area contributed by atoms with Gasteiger partial charge >= 0.3 is 0 Å². The quantitative estimate of drug-likeness (QED) is 0.380. The summed E-state index contributed by atoms with van der Waals surface area (Å²) in [6.45, 7) is 4.62. The second-order valence-electron chi connectivity index (χ2n) is 10.4. The largest absolute Gasteiger partial charge is 0.206 e. The molecule has 2 fully saturated rings. The molecular formula is C29H41FSi. The molecule has 2 aromatic rings. The van der Waals surface area contributed by atoms with Gasteiger partial charge in [-0.2, -0.15) is 0 Å². The molecule has 2 aromatic carbocycles. The summed E-state index contributed by atoms with van der Waals surface area (Å²) < 4.78 is 15.1. The van der Waals surface area contributed by atoms with E-state index in [0.29, 0.717) is 11.8 Å². The van der Waals surface area contributed by atoms with Gasteiger partial charge in [-0.15, -0.1) is 0 Å². The van der Waals surface area contributed by atoms with Crippen molar-refractivity contribution >= 4 is 8.80 Å². The lowest BCUT2D eigenvalue weighted by molar-refractivity contribution is 0.308. The average molecular weight is 437 g/mol. The van der Waals surface area contributed by atoms with E-state index in [9.17, 15) is 0 Å². The second-order valence-corrected chi connectivity index (χ2v) is 13.8. The lowest BCUT2D eigenvalue weighted by Gasteiger charge is -2.28. The third-order valence-electron chi connectivity index (χ3n) is 8.24. The van der Waals surface area contributed by atoms with Gasteiger partial charge in [0.1, 0.15) is 5.82 Å². The van der Waals surface area contributed by atoms with Crippen molar-refractivity contribution in [2.24, 2.45) is 5.92 Å². The van der Waals surface area contributed by atoms with Gasteiger partial charge < -0.3 is 0 Å². The van der Waals surface area contributed by atoms with Gasteiger partial charge in [-0.05, 0) is 79.0 Å². The lowest BCUT2D eigenvalue weighted by Crippen LogP contribution is -2.20. The normalized spacial score (nSPS) is 26.7. The molecule has 31 heavy (non-hydrogen) atoms. The molecule has 0 spiro atoms. The van der Waals surface area contributed by atoms with Crippen LogP contribution in [0, 0.1) is 11.7 Å². The van der Waals surface area contributed by atoms with Crippen molar-refractivity contribution in [2.45, 2.75) is 102 Å². The van der Waals surface area contributed by atoms with E-state index in [0.717, 1.165) is 17.0 Å². The molecule has 1 aliphatic heterocycles. The van der Waals surface area contributed by atoms with Crippen molar-refractivity contribution in [1.29, 1.82) is 0 Å². The summed E-state index contributed by atoms with van der Waals surface area (Å²) in [4.78, 5) is 0. The van der Waals surface area contributed by atoms with Crippen molar-refractivity contribution in [3.05, 3.63) is 59.4 Å². The Morgan fingerprint density at radius 2 is 1.42 bits per heavy atom. The lowest BCUT2D eigenvalue weighted by atomic mass is 9.77. The first kappa shape index (κ1) is 22.8. The van der Waals surface area contributed by atoms with E-state index in [2.05, 4.69) is 44.2 Å². The molecule has 168 valence electrons. The predicted molar refractivity (Wildman–Crippen MR) is 135 cm³/mol. The summed E-state index contributed by atoms with van der Waals surface area (Å²) in [6.07, 6.45) is 12.0. The Bertz CT molecular complexity index is 811. The minimum absolute atomic E-state index is 0.0433. The molecule has 1 heterocycles. The third kappa shape index (κ3) is 5.69. The molecule has 1 saturated carbocycles. The maximum Gasteiger partial charge on any atom is 0.131 e. The van der Waals surface area contributed by atoms with E-state index in [1.54, 1.807) is 0 Å². The molecule has 2 aliphatic rings. The number of halogens is 1. The van der Waals surface area contributed by atoms with Crippen LogP contribution in [0.5, 0.6) is 0 Å². The van der Waals surface area contributed by atoms with Crippen LogP contribution in [0.25, 0.3) is 11.1 Å². The molecule has 1 aliphatic carbocycles. The molecular weight excluding hydrogens is 395 g/mol. The Hall–Kier alpha value is -1.41. The molecule has 2 heteroatoms. The summed E-state index contributed by atoms with van der Waals surface area (Å²) in [5, 5.41) is 0. The molecule has 0 N–H and O–H groups in total. The first-order valence-electron chi connectivity index (χ1n) is 13.1. The predicted octanol–water partition coefficient (Wildman–Crippen LogP) is 9.08. The smallest absolute Gasteiger partial charge is 0.131 e. The van der Waals surface area contributed by atoms with Crippen molar-refractivity contribution in [3.63, 3.8) is 0 Å². The standard InChI is InChI=1S/C29H41FSi/c1-3-5-22-6-8-23(9-7-22)24-10-12-26(13-11-24)28-15-14-27(21-29(28)30)25-16-19-31(18-4-2)20-17-25/h10-15,21-23,25,31H,3-9,16-20H2,1-2H3/t22-,23-,25-,31-. The SMILES string of the molecule is CCC[C@H]1CC[C@H](c2ccc(-c3ccc([C@H]4CC[Si@H](CCC)CC4)cc3F)cc2)CC1. The number of benzene rings is 2. The molecule has 0 amide bonds. The first-order valence-corrected chi connectivity index (χ1v) is 15.5. The first-order chi connectivity index (χ1) is 15.2. The highest BCUT2D eigenvalue weighted by Crippen LogP contribution is 2.39. The Morgan fingerprint density at radius 1 is 0.774 bits per heavy atom. The van der Waals surface area contributed by atoms with Crippen LogP contribution in [0.3, 0.4) is 0 Å². The van der Waals surface area contributed by atoms with Crippen LogP contribution in [0.15, 0.2) is 42.5 Å². The summed E-state index contributed by atoms with van der Waals surface area (Å²) in [5.74, 6) is 2.17. The molecule has 0 atom stereocenters. The van der Waals surface area contributed by atoms with Gasteiger partial charge in [-0.1, -0.05) is 87.6 Å². The average Bonchev–Trinajstić information content (AvgIpc) is 2.81. The Morgan fingerprint density at radius 3 is 2.03 bits per heavy atom. The highest BCUT2D eigenvalue weighted by atomic mass is 28.3. The van der Waals surface area contributed by atoms with E-state index in [1.807, 2.05) is 12.1 Å². The van der Waals surface area contributed by atoms with Crippen molar-refractivity contribution in [1.82, 2.24) is 0 Å². The maximum atomic E-state index is 15.1. The van der Waals surface area contributed by atoms with Crippen LogP contribution in [-0.2, 0) is 0 Å². The van der Waals surface area contributed by atoms with Gasteiger partial charge in [0.05, 0.1) is 0 Å². The van der Waals surface area contributed by atoms with Crippen LogP contribution < -0.4 is 0 Å². The number of hydrogen-bond acceptors (Lipinski definition) is 0. The molecule has 0 bridgehead atoms. The highest BCUT2D eigenvalue weighted by molar-refractivity contribution is 6.59. The summed E-state index contributed by atoms with van der Waals surface area (Å²) in [7, 11) is -0.478. The van der Waals surface area contributed by atoms with E-state index < -0.39 is 8.80 Å². The zero-order valence-electron chi connectivity index (χ0n) is 19.7. The molecule has 0 unspecified atom stereocenters. The van der Waals surface area contributed by atoms with Gasteiger partial charge in [0.2, 0.25) is 0 Å². The van der Waals surface area contributed by atoms with Gasteiger partial charge in [0, 0.05) is 14.4 Å². The van der Waals surface area contributed by atoms with Crippen molar-refractivity contribution in [3.8, 4) is 11.1 Å². The summed E-state index contributed by atoms with van der Waals surface area (Å²) in [6, 6.07) is 19.3. The zero-order chi connectivity index (χ0) is 21.6. The van der Waals surface area contributed by atoms with Crippen LogP contribution in [0.2, 0.25) is 18.1 Å². The van der Waals surface area contributed by atoms with Gasteiger partial charge in [0.15, 0.2) is 0 Å². The number of rotatable bonds is 7. The topological polar surface area (TPSA) is 0 Å². The fraction of sp³-hybridized carbons (Fsp3) is 0.586. The second kappa shape index (κ2) is 10.9. The molecule has 1 saturated heterocycles. The fourth-order valence-corrected chi connectivity index (χ4v) is 9.77. The van der Waals surface area contributed by atoms with Crippen LogP contribution in [0.4, 0.5) is 4.39 Å². The fourth-order valence-electron chi connectivity index (χ4n) is 6.34. The number of hydrogen-bond donors (Lipinski definition) is 0. The van der Waals surface area contributed by atoms with E-state index in [4.69, 9.17) is 0 Å². The molecule has 0 radical (unpaired) electrons. The van der Waals surface area contributed by atoms with Crippen molar-refractivity contribution in [2.75, 3.05) is 0 Å². The summed E-state index contributed by atoms with van der Waals surface area (Å²) >= 11 is 0. The maximum absolute atomic E-state index is 15.1. The Labute approximate surface area is 191 Å². The third-order valence-corrected chi connectivity index (χ3v) is 11.9. The van der Waals surface area contributed by atoms with E-state index >= 15 is 4.39 Å². The molecule has 0 aromatic heterocycles. The highest BCUT2D eigenvalue weighted by Gasteiger charge is 2.24. The van der Waals surface area contributed by atoms with Crippen LogP contribution in [-0.4, -0.2) is 8.80 Å². The van der Waals surface area contributed by atoms with Crippen LogP contribution >= 0.6 is 0 Å². The van der Waals surface area contributed by atoms with E-state index in [1.165, 1.54) is 87.0 Å². The Kier molecular flexibility index (Phi) is 8.04. The molecule has 0 nitrogen and oxygen atoms in total. The van der Waals surface area contributed by atoms with Crippen molar-refractivity contribution < 1.29 is 4.39 Å². The van der Waals surface area contributed by atoms with Gasteiger partial charge in [0.25, 0.3) is 0 Å². The van der Waals surface area contributed by atoms with E-state index in [-0.39, 0.29) is 5.82 Å². The minimum atomic E-state index is -0.478. The minimum Gasteiger partial charge on any atom is -0.206 e.